The lowest BCUT2D eigenvalue weighted by molar-refractivity contribution is -0.120. The average molecular weight is 259 g/mol. The van der Waals surface area contributed by atoms with E-state index in [-0.39, 0.29) is 11.3 Å². The van der Waals surface area contributed by atoms with Crippen LogP contribution in [0, 0.1) is 0 Å². The van der Waals surface area contributed by atoms with Gasteiger partial charge in [-0.15, -0.1) is 0 Å². The van der Waals surface area contributed by atoms with Gasteiger partial charge in [0.1, 0.15) is 5.78 Å². The number of ketones is 1. The molecule has 0 aliphatic carbocycles. The van der Waals surface area contributed by atoms with Gasteiger partial charge in [-0.05, 0) is 54.0 Å². The van der Waals surface area contributed by atoms with E-state index in [1.807, 2.05) is 13.8 Å². The first-order chi connectivity index (χ1) is 7.63. The number of hydrogen-bond acceptors (Lipinski definition) is 3. The topological polar surface area (TPSA) is 29.1 Å². The lowest BCUT2D eigenvalue weighted by Gasteiger charge is -2.20. The Kier molecular flexibility index (Phi) is 7.41. The first-order valence-corrected chi connectivity index (χ1v) is 7.08. The zero-order valence-electron chi connectivity index (χ0n) is 12.1. The Morgan fingerprint density at radius 3 is 2.00 bits per heavy atom. The fourth-order valence-electron chi connectivity index (χ4n) is 1.53. The van der Waals surface area contributed by atoms with E-state index in [4.69, 9.17) is 0 Å². The standard InChI is InChI=1S/C14H29NOS/c1-13(2,3)15-11-9-7-6-8-10-12(16)14(4,5)17/h15,17H,6-11H2,1-5H3. The van der Waals surface area contributed by atoms with Gasteiger partial charge in [0, 0.05) is 12.0 Å². The molecule has 0 fully saturated rings. The van der Waals surface area contributed by atoms with Crippen LogP contribution in [0.15, 0.2) is 0 Å². The maximum absolute atomic E-state index is 11.6. The molecular formula is C14H29NOS. The van der Waals surface area contributed by atoms with Crippen molar-refractivity contribution in [3.63, 3.8) is 0 Å². The van der Waals surface area contributed by atoms with Crippen LogP contribution in [0.4, 0.5) is 0 Å². The normalized spacial score (nSPS) is 12.8. The van der Waals surface area contributed by atoms with Gasteiger partial charge in [0.05, 0.1) is 4.75 Å². The summed E-state index contributed by atoms with van der Waals surface area (Å²) < 4.78 is -0.464. The van der Waals surface area contributed by atoms with Crippen molar-refractivity contribution in [3.05, 3.63) is 0 Å². The summed E-state index contributed by atoms with van der Waals surface area (Å²) in [6, 6.07) is 0. The van der Waals surface area contributed by atoms with Gasteiger partial charge in [-0.1, -0.05) is 12.8 Å². The van der Waals surface area contributed by atoms with Crippen LogP contribution in [0.1, 0.15) is 66.7 Å². The van der Waals surface area contributed by atoms with Gasteiger partial charge in [-0.2, -0.15) is 12.6 Å². The third-order valence-electron chi connectivity index (χ3n) is 2.67. The highest BCUT2D eigenvalue weighted by molar-refractivity contribution is 7.82. The van der Waals surface area contributed by atoms with Crippen LogP contribution in [0.3, 0.4) is 0 Å². The molecule has 17 heavy (non-hydrogen) atoms. The molecule has 0 amide bonds. The Morgan fingerprint density at radius 1 is 1.00 bits per heavy atom. The highest BCUT2D eigenvalue weighted by Crippen LogP contribution is 2.17. The Bertz CT molecular complexity index is 225. The molecule has 0 aromatic carbocycles. The third kappa shape index (κ3) is 10.8. The van der Waals surface area contributed by atoms with Gasteiger partial charge >= 0.3 is 0 Å². The summed E-state index contributed by atoms with van der Waals surface area (Å²) in [6.45, 7) is 11.3. The molecule has 0 aromatic heterocycles. The number of nitrogens with one attached hydrogen (secondary N) is 1. The quantitative estimate of drug-likeness (QED) is 0.515. The van der Waals surface area contributed by atoms with E-state index in [0.717, 1.165) is 19.4 Å². The minimum atomic E-state index is -0.464. The van der Waals surface area contributed by atoms with Crippen molar-refractivity contribution in [1.82, 2.24) is 5.32 Å². The summed E-state index contributed by atoms with van der Waals surface area (Å²) in [6.07, 6.45) is 5.20. The van der Waals surface area contributed by atoms with Crippen molar-refractivity contribution in [2.45, 2.75) is 77.0 Å². The van der Waals surface area contributed by atoms with Crippen LogP contribution in [0.2, 0.25) is 0 Å². The fraction of sp³-hybridized carbons (Fsp3) is 0.929. The number of rotatable bonds is 8. The summed E-state index contributed by atoms with van der Waals surface area (Å²) in [5, 5.41) is 3.47. The number of Topliss-reactive ketones (excluding diaryl/α,β-unsaturated/α-hetero) is 1. The zero-order valence-corrected chi connectivity index (χ0v) is 13.0. The van der Waals surface area contributed by atoms with Crippen molar-refractivity contribution in [1.29, 1.82) is 0 Å². The molecule has 0 radical (unpaired) electrons. The number of unbranched alkanes of at least 4 members (excludes halogenated alkanes) is 3. The summed E-state index contributed by atoms with van der Waals surface area (Å²) in [5.74, 6) is 0.258. The van der Waals surface area contributed by atoms with Crippen molar-refractivity contribution in [2.24, 2.45) is 0 Å². The molecule has 0 heterocycles. The molecule has 0 unspecified atom stereocenters. The van der Waals surface area contributed by atoms with Gasteiger partial charge in [0.15, 0.2) is 0 Å². The molecule has 0 spiro atoms. The van der Waals surface area contributed by atoms with E-state index in [1.165, 1.54) is 12.8 Å². The molecule has 0 bridgehead atoms. The molecule has 0 rings (SSSR count). The molecule has 0 aromatic rings. The Balaban J connectivity index is 3.39. The van der Waals surface area contributed by atoms with Crippen LogP contribution >= 0.6 is 12.6 Å². The summed E-state index contributed by atoms with van der Waals surface area (Å²) >= 11 is 4.28. The first-order valence-electron chi connectivity index (χ1n) is 6.63. The van der Waals surface area contributed by atoms with Crippen molar-refractivity contribution >= 4 is 18.4 Å². The van der Waals surface area contributed by atoms with Crippen molar-refractivity contribution in [2.75, 3.05) is 6.54 Å². The van der Waals surface area contributed by atoms with Crippen LogP contribution in [0.5, 0.6) is 0 Å². The molecular weight excluding hydrogens is 230 g/mol. The van der Waals surface area contributed by atoms with E-state index in [0.29, 0.717) is 6.42 Å². The highest BCUT2D eigenvalue weighted by atomic mass is 32.1. The predicted octanol–water partition coefficient (Wildman–Crippen LogP) is 3.60. The third-order valence-corrected chi connectivity index (χ3v) is 2.92. The highest BCUT2D eigenvalue weighted by Gasteiger charge is 2.21. The maximum atomic E-state index is 11.6. The van der Waals surface area contributed by atoms with E-state index in [2.05, 4.69) is 38.7 Å². The lowest BCUT2D eigenvalue weighted by Crippen LogP contribution is -2.36. The molecule has 3 heteroatoms. The Labute approximate surface area is 112 Å². The van der Waals surface area contributed by atoms with Crippen LogP contribution < -0.4 is 5.32 Å². The van der Waals surface area contributed by atoms with Gasteiger partial charge in [0.25, 0.3) is 0 Å². The molecule has 0 aliphatic rings. The van der Waals surface area contributed by atoms with Gasteiger partial charge in [-0.3, -0.25) is 4.79 Å². The van der Waals surface area contributed by atoms with E-state index < -0.39 is 4.75 Å². The Morgan fingerprint density at radius 2 is 1.53 bits per heavy atom. The van der Waals surface area contributed by atoms with Crippen LogP contribution in [-0.4, -0.2) is 22.6 Å². The number of carbonyl (C=O) groups excluding carboxylic acids is 1. The maximum Gasteiger partial charge on any atom is 0.148 e. The number of thiol groups is 1. The molecule has 2 nitrogen and oxygen atoms in total. The summed E-state index contributed by atoms with van der Waals surface area (Å²) in [4.78, 5) is 11.6. The second-order valence-corrected chi connectivity index (χ2v) is 7.44. The second-order valence-electron chi connectivity index (χ2n) is 6.32. The molecule has 0 saturated heterocycles. The second kappa shape index (κ2) is 7.42. The van der Waals surface area contributed by atoms with Crippen LogP contribution in [0.25, 0.3) is 0 Å². The zero-order chi connectivity index (χ0) is 13.5. The van der Waals surface area contributed by atoms with E-state index >= 15 is 0 Å². The number of carbonyl (C=O) groups is 1. The van der Waals surface area contributed by atoms with Crippen molar-refractivity contribution in [3.8, 4) is 0 Å². The largest absolute Gasteiger partial charge is 0.312 e. The molecule has 0 saturated carbocycles. The SMILES string of the molecule is CC(C)(C)NCCCCCCC(=O)C(C)(C)S. The monoisotopic (exact) mass is 259 g/mol. The minimum absolute atomic E-state index is 0.214. The summed E-state index contributed by atoms with van der Waals surface area (Å²) in [5.41, 5.74) is 0.214. The minimum Gasteiger partial charge on any atom is -0.312 e. The lowest BCUT2D eigenvalue weighted by atomic mass is 10.0. The fourth-order valence-corrected chi connectivity index (χ4v) is 1.65. The van der Waals surface area contributed by atoms with Gasteiger partial charge in [0.2, 0.25) is 0 Å². The van der Waals surface area contributed by atoms with Crippen molar-refractivity contribution < 1.29 is 4.79 Å². The Hall–Kier alpha value is -0.0200. The number of hydrogen-bond donors (Lipinski definition) is 2. The van der Waals surface area contributed by atoms with Gasteiger partial charge in [-0.25, -0.2) is 0 Å². The molecule has 1 N–H and O–H groups in total. The van der Waals surface area contributed by atoms with E-state index in [9.17, 15) is 4.79 Å². The molecule has 0 aliphatic heterocycles. The average Bonchev–Trinajstić information content (AvgIpc) is 2.12. The smallest absolute Gasteiger partial charge is 0.148 e. The van der Waals surface area contributed by atoms with Gasteiger partial charge < -0.3 is 5.32 Å². The van der Waals surface area contributed by atoms with Crippen LogP contribution in [-0.2, 0) is 4.79 Å². The van der Waals surface area contributed by atoms with E-state index in [1.54, 1.807) is 0 Å². The molecule has 102 valence electrons. The predicted molar refractivity (Wildman–Crippen MR) is 78.9 cm³/mol. The molecule has 0 atom stereocenters. The first kappa shape index (κ1) is 17.0. The summed E-state index contributed by atoms with van der Waals surface area (Å²) in [7, 11) is 0.